The molecule has 2 N–H and O–H groups in total. The molecule has 1 aliphatic heterocycles. The minimum absolute atomic E-state index is 0.0750. The Balaban J connectivity index is 2.21. The van der Waals surface area contributed by atoms with E-state index in [9.17, 15) is 9.90 Å². The molecule has 5 heteroatoms. The molecule has 0 aromatic heterocycles. The summed E-state index contributed by atoms with van der Waals surface area (Å²) in [5, 5.41) is 12.6. The van der Waals surface area contributed by atoms with Crippen LogP contribution in [0.4, 0.5) is 0 Å². The summed E-state index contributed by atoms with van der Waals surface area (Å²) in [6.07, 6.45) is 1.54. The maximum atomic E-state index is 11.9. The highest BCUT2D eigenvalue weighted by atomic mass is 79.9. The third kappa shape index (κ3) is 3.70. The predicted octanol–water partition coefficient (Wildman–Crippen LogP) is 2.55. The zero-order valence-corrected chi connectivity index (χ0v) is 12.4. The molecule has 1 aromatic rings. The third-order valence-corrected chi connectivity index (χ3v) is 3.67. The number of hydrogen-bond acceptors (Lipinski definition) is 3. The highest BCUT2D eigenvalue weighted by Gasteiger charge is 2.24. The van der Waals surface area contributed by atoms with Crippen molar-refractivity contribution in [3.05, 3.63) is 28.2 Å². The van der Waals surface area contributed by atoms with Gasteiger partial charge in [0, 0.05) is 16.6 Å². The summed E-state index contributed by atoms with van der Waals surface area (Å²) in [5.74, 6) is 0.487. The van der Waals surface area contributed by atoms with Crippen molar-refractivity contribution in [2.45, 2.75) is 38.4 Å². The highest BCUT2D eigenvalue weighted by Crippen LogP contribution is 2.30. The Labute approximate surface area is 121 Å². The van der Waals surface area contributed by atoms with Crippen molar-refractivity contribution in [1.29, 1.82) is 0 Å². The summed E-state index contributed by atoms with van der Waals surface area (Å²) in [4.78, 5) is 11.9. The SMILES string of the molecule is CC(O)c1ccc(Br)cc1OC1CCCCNC1=O. The van der Waals surface area contributed by atoms with E-state index in [-0.39, 0.29) is 5.91 Å². The van der Waals surface area contributed by atoms with Crippen LogP contribution in [0, 0.1) is 0 Å². The first kappa shape index (κ1) is 14.3. The van der Waals surface area contributed by atoms with Gasteiger partial charge >= 0.3 is 0 Å². The fourth-order valence-electron chi connectivity index (χ4n) is 2.13. The van der Waals surface area contributed by atoms with Crippen molar-refractivity contribution in [2.75, 3.05) is 6.54 Å². The van der Waals surface area contributed by atoms with Crippen molar-refractivity contribution >= 4 is 21.8 Å². The number of rotatable bonds is 3. The van der Waals surface area contributed by atoms with E-state index >= 15 is 0 Å². The van der Waals surface area contributed by atoms with Crippen molar-refractivity contribution in [3.8, 4) is 5.75 Å². The van der Waals surface area contributed by atoms with Gasteiger partial charge in [-0.25, -0.2) is 0 Å². The molecule has 1 heterocycles. The van der Waals surface area contributed by atoms with Crippen molar-refractivity contribution in [1.82, 2.24) is 5.32 Å². The molecular weight excluding hydrogens is 310 g/mol. The Hall–Kier alpha value is -1.07. The molecule has 1 aromatic carbocycles. The van der Waals surface area contributed by atoms with Crippen LogP contribution in [0.1, 0.15) is 37.9 Å². The lowest BCUT2D eigenvalue weighted by Crippen LogP contribution is -2.36. The monoisotopic (exact) mass is 327 g/mol. The number of carbonyl (C=O) groups is 1. The number of ether oxygens (including phenoxy) is 1. The van der Waals surface area contributed by atoms with Gasteiger partial charge in [0.15, 0.2) is 6.10 Å². The summed E-state index contributed by atoms with van der Waals surface area (Å²) >= 11 is 3.38. The molecule has 1 aliphatic rings. The number of nitrogens with one attached hydrogen (secondary N) is 1. The number of benzene rings is 1. The van der Waals surface area contributed by atoms with E-state index < -0.39 is 12.2 Å². The van der Waals surface area contributed by atoms with Gasteiger partial charge in [0.1, 0.15) is 5.75 Å². The van der Waals surface area contributed by atoms with Crippen LogP contribution >= 0.6 is 15.9 Å². The van der Waals surface area contributed by atoms with Crippen LogP contribution in [0.25, 0.3) is 0 Å². The van der Waals surface area contributed by atoms with Crippen LogP contribution in [0.5, 0.6) is 5.75 Å². The van der Waals surface area contributed by atoms with Crippen LogP contribution < -0.4 is 10.1 Å². The van der Waals surface area contributed by atoms with Crippen molar-refractivity contribution in [2.24, 2.45) is 0 Å². The van der Waals surface area contributed by atoms with Gasteiger partial charge in [-0.3, -0.25) is 4.79 Å². The fourth-order valence-corrected chi connectivity index (χ4v) is 2.47. The average molecular weight is 328 g/mol. The Morgan fingerprint density at radius 1 is 1.47 bits per heavy atom. The number of amides is 1. The minimum Gasteiger partial charge on any atom is -0.480 e. The zero-order valence-electron chi connectivity index (χ0n) is 10.9. The topological polar surface area (TPSA) is 58.6 Å². The highest BCUT2D eigenvalue weighted by molar-refractivity contribution is 9.10. The molecule has 1 saturated heterocycles. The largest absolute Gasteiger partial charge is 0.480 e. The van der Waals surface area contributed by atoms with Gasteiger partial charge in [-0.2, -0.15) is 0 Å². The summed E-state index contributed by atoms with van der Waals surface area (Å²) < 4.78 is 6.68. The van der Waals surface area contributed by atoms with Crippen molar-refractivity contribution < 1.29 is 14.6 Å². The van der Waals surface area contributed by atoms with E-state index in [1.165, 1.54) is 0 Å². The molecule has 0 bridgehead atoms. The third-order valence-electron chi connectivity index (χ3n) is 3.18. The number of hydrogen-bond donors (Lipinski definition) is 2. The zero-order chi connectivity index (χ0) is 13.8. The first-order valence-corrected chi connectivity index (χ1v) is 7.29. The van der Waals surface area contributed by atoms with E-state index in [0.717, 1.165) is 17.3 Å². The lowest BCUT2D eigenvalue weighted by atomic mass is 10.1. The van der Waals surface area contributed by atoms with Crippen LogP contribution in [-0.2, 0) is 4.79 Å². The summed E-state index contributed by atoms with van der Waals surface area (Å²) in [6, 6.07) is 5.45. The molecule has 0 saturated carbocycles. The second-order valence-electron chi connectivity index (χ2n) is 4.75. The first-order valence-electron chi connectivity index (χ1n) is 6.50. The molecule has 104 valence electrons. The molecule has 0 radical (unpaired) electrons. The quantitative estimate of drug-likeness (QED) is 0.896. The molecule has 1 amide bonds. The molecule has 4 nitrogen and oxygen atoms in total. The van der Waals surface area contributed by atoms with Gasteiger partial charge in [-0.15, -0.1) is 0 Å². The van der Waals surface area contributed by atoms with E-state index in [4.69, 9.17) is 4.74 Å². The predicted molar refractivity (Wildman–Crippen MR) is 76.1 cm³/mol. The summed E-state index contributed by atoms with van der Waals surface area (Å²) in [5.41, 5.74) is 0.695. The number of halogens is 1. The van der Waals surface area contributed by atoms with Gasteiger partial charge in [0.2, 0.25) is 0 Å². The van der Waals surface area contributed by atoms with Crippen LogP contribution in [0.15, 0.2) is 22.7 Å². The maximum absolute atomic E-state index is 11.9. The standard InChI is InChI=1S/C14H18BrNO3/c1-9(17)11-6-5-10(15)8-13(11)19-12-4-2-3-7-16-14(12)18/h5-6,8-9,12,17H,2-4,7H2,1H3,(H,16,18). The summed E-state index contributed by atoms with van der Waals surface area (Å²) in [6.45, 7) is 2.39. The molecule has 0 spiro atoms. The van der Waals surface area contributed by atoms with Crippen molar-refractivity contribution in [3.63, 3.8) is 0 Å². The van der Waals surface area contributed by atoms with Gasteiger partial charge in [-0.05, 0) is 38.3 Å². The van der Waals surface area contributed by atoms with E-state index in [1.54, 1.807) is 19.1 Å². The molecule has 1 fully saturated rings. The average Bonchev–Trinajstić information content (AvgIpc) is 2.55. The lowest BCUT2D eigenvalue weighted by Gasteiger charge is -2.19. The minimum atomic E-state index is -0.628. The van der Waals surface area contributed by atoms with Crippen LogP contribution in [0.3, 0.4) is 0 Å². The molecule has 0 aliphatic carbocycles. The van der Waals surface area contributed by atoms with E-state index in [1.807, 2.05) is 6.07 Å². The van der Waals surface area contributed by atoms with E-state index in [2.05, 4.69) is 21.2 Å². The molecular formula is C14H18BrNO3. The first-order chi connectivity index (χ1) is 9.08. The summed E-state index contributed by atoms with van der Waals surface area (Å²) in [7, 11) is 0. The number of aliphatic hydroxyl groups is 1. The molecule has 2 rings (SSSR count). The lowest BCUT2D eigenvalue weighted by molar-refractivity contribution is -0.127. The van der Waals surface area contributed by atoms with Crippen LogP contribution in [0.2, 0.25) is 0 Å². The molecule has 2 atom stereocenters. The van der Waals surface area contributed by atoms with Crippen LogP contribution in [-0.4, -0.2) is 23.7 Å². The Kier molecular flexibility index (Phi) is 4.82. The smallest absolute Gasteiger partial charge is 0.261 e. The second kappa shape index (κ2) is 6.39. The number of carbonyl (C=O) groups excluding carboxylic acids is 1. The van der Waals surface area contributed by atoms with Gasteiger partial charge in [-0.1, -0.05) is 22.0 Å². The Morgan fingerprint density at radius 3 is 3.00 bits per heavy atom. The normalized spacial score (nSPS) is 21.4. The molecule has 2 unspecified atom stereocenters. The molecule has 19 heavy (non-hydrogen) atoms. The van der Waals surface area contributed by atoms with Gasteiger partial charge < -0.3 is 15.2 Å². The van der Waals surface area contributed by atoms with Gasteiger partial charge in [0.25, 0.3) is 5.91 Å². The Morgan fingerprint density at radius 2 is 2.26 bits per heavy atom. The van der Waals surface area contributed by atoms with E-state index in [0.29, 0.717) is 24.3 Å². The fraction of sp³-hybridized carbons (Fsp3) is 0.500. The van der Waals surface area contributed by atoms with Gasteiger partial charge in [0.05, 0.1) is 6.10 Å². The maximum Gasteiger partial charge on any atom is 0.261 e. The Bertz CT molecular complexity index is 462. The second-order valence-corrected chi connectivity index (χ2v) is 5.67. The number of aliphatic hydroxyl groups excluding tert-OH is 1.